The number of fused-ring (bicyclic) bond motifs is 1. The van der Waals surface area contributed by atoms with Crippen molar-refractivity contribution in [1.82, 2.24) is 19.9 Å². The van der Waals surface area contributed by atoms with Crippen LogP contribution in [0.25, 0.3) is 10.9 Å². The predicted molar refractivity (Wildman–Crippen MR) is 130 cm³/mol. The summed E-state index contributed by atoms with van der Waals surface area (Å²) in [6.07, 6.45) is 13.4. The van der Waals surface area contributed by atoms with Crippen LogP contribution in [0.4, 0.5) is 0 Å². The molecule has 0 unspecified atom stereocenters. The molecule has 0 radical (unpaired) electrons. The van der Waals surface area contributed by atoms with Crippen LogP contribution in [0, 0.1) is 19.3 Å². The molecular formula is C26H31N5O. The van der Waals surface area contributed by atoms with Gasteiger partial charge in [-0.3, -0.25) is 19.8 Å². The highest BCUT2D eigenvalue weighted by Crippen LogP contribution is 2.28. The molecule has 0 bridgehead atoms. The van der Waals surface area contributed by atoms with Crippen molar-refractivity contribution in [2.45, 2.75) is 58.4 Å². The Balaban J connectivity index is 1.67. The van der Waals surface area contributed by atoms with Crippen LogP contribution in [-0.2, 0) is 6.42 Å². The summed E-state index contributed by atoms with van der Waals surface area (Å²) >= 11 is 0. The lowest BCUT2D eigenvalue weighted by Gasteiger charge is -2.24. The van der Waals surface area contributed by atoms with Crippen LogP contribution < -0.4 is 10.9 Å². The smallest absolute Gasteiger partial charge is 0.261 e. The third-order valence-corrected chi connectivity index (χ3v) is 6.63. The summed E-state index contributed by atoms with van der Waals surface area (Å²) in [6, 6.07) is 6.17. The van der Waals surface area contributed by atoms with Crippen LogP contribution in [0.5, 0.6) is 0 Å². The topological polar surface area (TPSA) is 83.7 Å². The third-order valence-electron chi connectivity index (χ3n) is 6.63. The van der Waals surface area contributed by atoms with Gasteiger partial charge in [0.1, 0.15) is 0 Å². The van der Waals surface area contributed by atoms with Crippen molar-refractivity contribution >= 4 is 16.6 Å². The van der Waals surface area contributed by atoms with Crippen molar-refractivity contribution in [3.05, 3.63) is 81.3 Å². The Morgan fingerprint density at radius 2 is 1.97 bits per heavy atom. The van der Waals surface area contributed by atoms with Crippen molar-refractivity contribution < 1.29 is 0 Å². The summed E-state index contributed by atoms with van der Waals surface area (Å²) in [6.45, 7) is 4.15. The number of aromatic nitrogens is 3. The molecule has 1 aliphatic rings. The first-order valence-corrected chi connectivity index (χ1v) is 11.4. The van der Waals surface area contributed by atoms with Gasteiger partial charge >= 0.3 is 0 Å². The highest BCUT2D eigenvalue weighted by Gasteiger charge is 2.19. The minimum atomic E-state index is 0.0736. The number of rotatable bonds is 6. The van der Waals surface area contributed by atoms with Gasteiger partial charge in [0.25, 0.3) is 5.56 Å². The maximum atomic E-state index is 13.4. The van der Waals surface area contributed by atoms with E-state index < -0.39 is 0 Å². The first kappa shape index (κ1) is 21.9. The molecule has 32 heavy (non-hydrogen) atoms. The second-order valence-corrected chi connectivity index (χ2v) is 8.69. The summed E-state index contributed by atoms with van der Waals surface area (Å²) in [5, 5.41) is 11.7. The first-order valence-electron chi connectivity index (χ1n) is 11.4. The van der Waals surface area contributed by atoms with E-state index in [4.69, 9.17) is 10.4 Å². The molecule has 2 heterocycles. The average molecular weight is 430 g/mol. The standard InChI is InChI=1S/C26H31N5O/c1-17-18(2)25-22(26(32)31(16-30-25)21-7-5-4-6-8-21)14-20(17)13-19-9-10-24(29-15-19)23(27)11-12-28-3/h9-12,14-16,21,27-28H,4-8,13H2,1-3H3/b12-11-,27-23?. The van der Waals surface area contributed by atoms with Crippen molar-refractivity contribution in [2.24, 2.45) is 0 Å². The van der Waals surface area contributed by atoms with Crippen molar-refractivity contribution in [3.8, 4) is 0 Å². The van der Waals surface area contributed by atoms with E-state index in [9.17, 15) is 4.79 Å². The van der Waals surface area contributed by atoms with E-state index in [1.54, 1.807) is 25.7 Å². The molecule has 0 saturated heterocycles. The molecule has 6 nitrogen and oxygen atoms in total. The second-order valence-electron chi connectivity index (χ2n) is 8.69. The van der Waals surface area contributed by atoms with E-state index in [1.165, 1.54) is 19.3 Å². The molecule has 0 aliphatic heterocycles. The summed E-state index contributed by atoms with van der Waals surface area (Å²) in [5.41, 5.74) is 6.27. The Morgan fingerprint density at radius 1 is 1.19 bits per heavy atom. The third kappa shape index (κ3) is 4.35. The Bertz CT molecular complexity index is 1220. The maximum Gasteiger partial charge on any atom is 0.261 e. The number of allylic oxidation sites excluding steroid dienone is 1. The SMILES string of the molecule is CN/C=C\C(=N)c1ccc(Cc2cc3c(=O)n(C4CCCCC4)cnc3c(C)c2C)cn1. The number of aryl methyl sites for hydroxylation is 1. The molecule has 1 saturated carbocycles. The molecule has 3 aromatic rings. The average Bonchev–Trinajstić information content (AvgIpc) is 2.82. The van der Waals surface area contributed by atoms with Crippen LogP contribution in [-0.4, -0.2) is 27.3 Å². The molecule has 166 valence electrons. The van der Waals surface area contributed by atoms with E-state index >= 15 is 0 Å². The Labute approximate surface area is 188 Å². The molecule has 4 rings (SSSR count). The van der Waals surface area contributed by atoms with Crippen LogP contribution in [0.2, 0.25) is 0 Å². The van der Waals surface area contributed by atoms with Crippen LogP contribution >= 0.6 is 0 Å². The number of nitrogens with zero attached hydrogens (tertiary/aromatic N) is 3. The monoisotopic (exact) mass is 429 g/mol. The van der Waals surface area contributed by atoms with E-state index in [-0.39, 0.29) is 11.6 Å². The zero-order chi connectivity index (χ0) is 22.7. The minimum Gasteiger partial charge on any atom is -0.394 e. The number of hydrogen-bond acceptors (Lipinski definition) is 5. The molecule has 1 aliphatic carbocycles. The van der Waals surface area contributed by atoms with Crippen molar-refractivity contribution in [1.29, 1.82) is 5.41 Å². The Kier molecular flexibility index (Phi) is 6.49. The Hall–Kier alpha value is -3.28. The summed E-state index contributed by atoms with van der Waals surface area (Å²) in [7, 11) is 1.80. The van der Waals surface area contributed by atoms with E-state index in [1.807, 2.05) is 29.0 Å². The number of benzene rings is 1. The summed E-state index contributed by atoms with van der Waals surface area (Å²) in [5.74, 6) is 0. The predicted octanol–water partition coefficient (Wildman–Crippen LogP) is 4.61. The van der Waals surface area contributed by atoms with Crippen LogP contribution in [0.15, 0.2) is 47.8 Å². The van der Waals surface area contributed by atoms with Gasteiger partial charge in [0.15, 0.2) is 0 Å². The van der Waals surface area contributed by atoms with E-state index in [0.717, 1.165) is 40.6 Å². The van der Waals surface area contributed by atoms with Gasteiger partial charge in [-0.15, -0.1) is 0 Å². The van der Waals surface area contributed by atoms with Gasteiger partial charge in [-0.05, 0) is 79.8 Å². The number of nitrogens with one attached hydrogen (secondary N) is 2. The molecule has 0 amide bonds. The van der Waals surface area contributed by atoms with Gasteiger partial charge in [0.05, 0.1) is 28.6 Å². The molecule has 1 aromatic carbocycles. The fraction of sp³-hybridized carbons (Fsp3) is 0.385. The van der Waals surface area contributed by atoms with Gasteiger partial charge in [0.2, 0.25) is 0 Å². The second kappa shape index (κ2) is 9.47. The lowest BCUT2D eigenvalue weighted by atomic mass is 9.94. The highest BCUT2D eigenvalue weighted by molar-refractivity contribution is 6.04. The first-order chi connectivity index (χ1) is 15.5. The van der Waals surface area contributed by atoms with Crippen molar-refractivity contribution in [2.75, 3.05) is 7.05 Å². The quantitative estimate of drug-likeness (QED) is 0.561. The lowest BCUT2D eigenvalue weighted by Crippen LogP contribution is -2.27. The van der Waals surface area contributed by atoms with Crippen molar-refractivity contribution in [3.63, 3.8) is 0 Å². The molecular weight excluding hydrogens is 398 g/mol. The number of pyridine rings is 1. The van der Waals surface area contributed by atoms with Gasteiger partial charge in [-0.25, -0.2) is 4.98 Å². The molecule has 0 atom stereocenters. The summed E-state index contributed by atoms with van der Waals surface area (Å²) < 4.78 is 1.86. The van der Waals surface area contributed by atoms with E-state index in [2.05, 4.69) is 24.1 Å². The van der Waals surface area contributed by atoms with Crippen LogP contribution in [0.1, 0.15) is 66.1 Å². The zero-order valence-electron chi connectivity index (χ0n) is 19.1. The zero-order valence-corrected chi connectivity index (χ0v) is 19.1. The molecule has 1 fully saturated rings. The molecule has 0 spiro atoms. The number of hydrogen-bond donors (Lipinski definition) is 2. The van der Waals surface area contributed by atoms with Gasteiger partial charge < -0.3 is 5.32 Å². The summed E-state index contributed by atoms with van der Waals surface area (Å²) in [4.78, 5) is 22.5. The normalized spacial score (nSPS) is 14.8. The highest BCUT2D eigenvalue weighted by atomic mass is 16.1. The molecule has 6 heteroatoms. The van der Waals surface area contributed by atoms with Gasteiger partial charge in [-0.1, -0.05) is 25.3 Å². The molecule has 2 aromatic heterocycles. The largest absolute Gasteiger partial charge is 0.394 e. The fourth-order valence-electron chi connectivity index (χ4n) is 4.58. The van der Waals surface area contributed by atoms with E-state index in [0.29, 0.717) is 23.2 Å². The van der Waals surface area contributed by atoms with Gasteiger partial charge in [-0.2, -0.15) is 0 Å². The minimum absolute atomic E-state index is 0.0736. The Morgan fingerprint density at radius 3 is 2.66 bits per heavy atom. The van der Waals surface area contributed by atoms with Crippen LogP contribution in [0.3, 0.4) is 0 Å². The maximum absolute atomic E-state index is 13.4. The van der Waals surface area contributed by atoms with Gasteiger partial charge in [0, 0.05) is 19.3 Å². The fourth-order valence-corrected chi connectivity index (χ4v) is 4.58. The lowest BCUT2D eigenvalue weighted by molar-refractivity contribution is 0.345. The molecule has 2 N–H and O–H groups in total.